The molecular weight excluding hydrogens is 525 g/mol. The number of anilines is 1. The summed E-state index contributed by atoms with van der Waals surface area (Å²) in [6.07, 6.45) is 2.18. The molecule has 0 spiro atoms. The third-order valence-corrected chi connectivity index (χ3v) is 7.37. The number of amides is 2. The molecule has 0 aliphatic carbocycles. The van der Waals surface area contributed by atoms with Crippen LogP contribution in [0.25, 0.3) is 0 Å². The molecule has 36 heavy (non-hydrogen) atoms. The second kappa shape index (κ2) is 13.7. The van der Waals surface area contributed by atoms with Gasteiger partial charge in [-0.15, -0.1) is 0 Å². The predicted octanol–water partition coefficient (Wildman–Crippen LogP) is 4.49. The number of rotatable bonds is 13. The van der Waals surface area contributed by atoms with Gasteiger partial charge in [0, 0.05) is 36.1 Å². The first-order chi connectivity index (χ1) is 17.0. The molecule has 1 atom stereocenters. The van der Waals surface area contributed by atoms with Gasteiger partial charge in [-0.25, -0.2) is 8.42 Å². The van der Waals surface area contributed by atoms with Crippen LogP contribution in [0.3, 0.4) is 0 Å². The summed E-state index contributed by atoms with van der Waals surface area (Å²) < 4.78 is 31.2. The Bertz CT molecular complexity index is 1140. The molecule has 2 amide bonds. The molecule has 2 rings (SSSR count). The van der Waals surface area contributed by atoms with E-state index in [0.29, 0.717) is 33.6 Å². The minimum Gasteiger partial charge on any atom is -0.497 e. The normalized spacial score (nSPS) is 12.1. The third-order valence-electron chi connectivity index (χ3n) is 5.58. The lowest BCUT2D eigenvalue weighted by Gasteiger charge is -2.29. The fourth-order valence-corrected chi connectivity index (χ4v) is 5.00. The van der Waals surface area contributed by atoms with Crippen molar-refractivity contribution in [2.24, 2.45) is 0 Å². The van der Waals surface area contributed by atoms with E-state index in [4.69, 9.17) is 27.9 Å². The van der Waals surface area contributed by atoms with E-state index in [0.717, 1.165) is 12.7 Å². The lowest BCUT2D eigenvalue weighted by molar-refractivity contribution is -0.140. The highest BCUT2D eigenvalue weighted by molar-refractivity contribution is 7.92. The predicted molar refractivity (Wildman–Crippen MR) is 144 cm³/mol. The SMILES string of the molecule is CCCNC(=O)C(C)N(Cc1ccc(Cl)cc1Cl)C(=O)CCCN(c1ccc(OC)cc1)S(C)(=O)=O. The summed E-state index contributed by atoms with van der Waals surface area (Å²) in [5.41, 5.74) is 1.13. The number of carbonyl (C=O) groups is 2. The van der Waals surface area contributed by atoms with Gasteiger partial charge in [-0.1, -0.05) is 36.2 Å². The molecule has 0 aliphatic rings. The average molecular weight is 559 g/mol. The topological polar surface area (TPSA) is 96.0 Å². The van der Waals surface area contributed by atoms with E-state index in [1.807, 2.05) is 6.92 Å². The molecule has 0 saturated heterocycles. The van der Waals surface area contributed by atoms with Crippen molar-refractivity contribution >= 4 is 50.7 Å². The van der Waals surface area contributed by atoms with Crippen molar-refractivity contribution in [2.75, 3.05) is 30.8 Å². The molecule has 0 bridgehead atoms. The lowest BCUT2D eigenvalue weighted by atomic mass is 10.1. The van der Waals surface area contributed by atoms with Crippen LogP contribution in [0, 0.1) is 0 Å². The molecule has 198 valence electrons. The Morgan fingerprint density at radius 3 is 2.33 bits per heavy atom. The number of hydrogen-bond acceptors (Lipinski definition) is 5. The fraction of sp³-hybridized carbons (Fsp3) is 0.440. The van der Waals surface area contributed by atoms with Gasteiger partial charge >= 0.3 is 0 Å². The molecule has 0 heterocycles. The quantitative estimate of drug-likeness (QED) is 0.391. The number of hydrogen-bond donors (Lipinski definition) is 1. The molecule has 0 radical (unpaired) electrons. The Morgan fingerprint density at radius 2 is 1.78 bits per heavy atom. The van der Waals surface area contributed by atoms with Gasteiger partial charge in [0.2, 0.25) is 21.8 Å². The van der Waals surface area contributed by atoms with E-state index in [1.165, 1.54) is 16.3 Å². The summed E-state index contributed by atoms with van der Waals surface area (Å²) in [6, 6.07) is 10.9. The first-order valence-electron chi connectivity index (χ1n) is 11.6. The van der Waals surface area contributed by atoms with Gasteiger partial charge in [0.25, 0.3) is 0 Å². The standard InChI is InChI=1S/C25H33Cl2N3O5S/c1-5-14-28-25(32)18(2)29(17-19-8-9-20(26)16-23(19)27)24(31)7-6-15-30(36(4,33)34)21-10-12-22(35-3)13-11-21/h8-13,16,18H,5-7,14-15,17H2,1-4H3,(H,28,32). The highest BCUT2D eigenvalue weighted by atomic mass is 35.5. The van der Waals surface area contributed by atoms with E-state index in [-0.39, 0.29) is 37.7 Å². The first kappa shape index (κ1) is 29.7. The van der Waals surface area contributed by atoms with Gasteiger partial charge in [0.15, 0.2) is 0 Å². The van der Waals surface area contributed by atoms with Crippen molar-refractivity contribution in [1.82, 2.24) is 10.2 Å². The third kappa shape index (κ3) is 8.57. The highest BCUT2D eigenvalue weighted by Crippen LogP contribution is 2.25. The molecule has 0 saturated carbocycles. The number of methoxy groups -OCH3 is 1. The van der Waals surface area contributed by atoms with Crippen molar-refractivity contribution in [2.45, 2.75) is 45.7 Å². The largest absolute Gasteiger partial charge is 0.497 e. The monoisotopic (exact) mass is 557 g/mol. The number of sulfonamides is 1. The van der Waals surface area contributed by atoms with Crippen LogP contribution >= 0.6 is 23.2 Å². The Balaban J connectivity index is 2.18. The number of carbonyl (C=O) groups excluding carboxylic acids is 2. The van der Waals surface area contributed by atoms with Crippen molar-refractivity contribution in [3.05, 3.63) is 58.1 Å². The Hall–Kier alpha value is -2.49. The van der Waals surface area contributed by atoms with Crippen molar-refractivity contribution in [1.29, 1.82) is 0 Å². The number of ether oxygens (including phenoxy) is 1. The van der Waals surface area contributed by atoms with Crippen LogP contribution in [0.1, 0.15) is 38.7 Å². The van der Waals surface area contributed by atoms with Gasteiger partial charge in [0.1, 0.15) is 11.8 Å². The zero-order valence-electron chi connectivity index (χ0n) is 21.0. The van der Waals surface area contributed by atoms with Crippen LogP contribution in [0.2, 0.25) is 10.0 Å². The van der Waals surface area contributed by atoms with Crippen LogP contribution in [0.15, 0.2) is 42.5 Å². The second-order valence-electron chi connectivity index (χ2n) is 8.36. The van der Waals surface area contributed by atoms with E-state index in [2.05, 4.69) is 5.32 Å². The number of benzene rings is 2. The maximum Gasteiger partial charge on any atom is 0.242 e. The molecule has 0 aliphatic heterocycles. The number of halogens is 2. The summed E-state index contributed by atoms with van der Waals surface area (Å²) in [6.45, 7) is 4.31. The van der Waals surface area contributed by atoms with Crippen LogP contribution in [-0.4, -0.2) is 57.6 Å². The molecule has 11 heteroatoms. The van der Waals surface area contributed by atoms with Crippen molar-refractivity contribution in [3.63, 3.8) is 0 Å². The lowest BCUT2D eigenvalue weighted by Crippen LogP contribution is -2.48. The molecule has 1 N–H and O–H groups in total. The van der Waals surface area contributed by atoms with E-state index in [1.54, 1.807) is 49.4 Å². The van der Waals surface area contributed by atoms with Gasteiger partial charge < -0.3 is 15.0 Å². The Labute approximate surface area is 223 Å². The molecule has 2 aromatic carbocycles. The minimum atomic E-state index is -3.58. The Kier molecular flexibility index (Phi) is 11.3. The van der Waals surface area contributed by atoms with Gasteiger partial charge in [0.05, 0.1) is 19.1 Å². The van der Waals surface area contributed by atoms with Gasteiger partial charge in [-0.3, -0.25) is 13.9 Å². The van der Waals surface area contributed by atoms with E-state index in [9.17, 15) is 18.0 Å². The summed E-state index contributed by atoms with van der Waals surface area (Å²) >= 11 is 12.3. The van der Waals surface area contributed by atoms with Crippen molar-refractivity contribution < 1.29 is 22.7 Å². The zero-order chi connectivity index (χ0) is 26.9. The maximum absolute atomic E-state index is 13.3. The number of nitrogens with one attached hydrogen (secondary N) is 1. The molecule has 8 nitrogen and oxygen atoms in total. The summed E-state index contributed by atoms with van der Waals surface area (Å²) in [5, 5.41) is 3.68. The van der Waals surface area contributed by atoms with Crippen molar-refractivity contribution in [3.8, 4) is 5.75 Å². The molecule has 0 aromatic heterocycles. The molecule has 2 aromatic rings. The Morgan fingerprint density at radius 1 is 1.11 bits per heavy atom. The van der Waals surface area contributed by atoms with E-state index >= 15 is 0 Å². The van der Waals surface area contributed by atoms with Crippen LogP contribution < -0.4 is 14.4 Å². The van der Waals surface area contributed by atoms with Crippen LogP contribution in [-0.2, 0) is 26.2 Å². The van der Waals surface area contributed by atoms with Crippen LogP contribution in [0.4, 0.5) is 5.69 Å². The smallest absolute Gasteiger partial charge is 0.242 e. The summed E-state index contributed by atoms with van der Waals surface area (Å²) in [4.78, 5) is 27.4. The van der Waals surface area contributed by atoms with Gasteiger partial charge in [-0.05, 0) is 61.7 Å². The highest BCUT2D eigenvalue weighted by Gasteiger charge is 2.27. The maximum atomic E-state index is 13.3. The summed E-state index contributed by atoms with van der Waals surface area (Å²) in [7, 11) is -2.05. The first-order valence-corrected chi connectivity index (χ1v) is 14.2. The number of nitrogens with zero attached hydrogens (tertiary/aromatic N) is 2. The van der Waals surface area contributed by atoms with Gasteiger partial charge in [-0.2, -0.15) is 0 Å². The van der Waals surface area contributed by atoms with Crippen LogP contribution in [0.5, 0.6) is 5.75 Å². The fourth-order valence-electron chi connectivity index (χ4n) is 3.56. The van der Waals surface area contributed by atoms with E-state index < -0.39 is 16.1 Å². The second-order valence-corrected chi connectivity index (χ2v) is 11.1. The summed E-state index contributed by atoms with van der Waals surface area (Å²) in [5.74, 6) is 0.0452. The molecular formula is C25H33Cl2N3O5S. The molecule has 0 fully saturated rings. The molecule has 1 unspecified atom stereocenters. The average Bonchev–Trinajstić information content (AvgIpc) is 2.83. The zero-order valence-corrected chi connectivity index (χ0v) is 23.3. The minimum absolute atomic E-state index is 0.0405.